The highest BCUT2D eigenvalue weighted by molar-refractivity contribution is 5.95. The van der Waals surface area contributed by atoms with E-state index in [9.17, 15) is 4.79 Å². The summed E-state index contributed by atoms with van der Waals surface area (Å²) in [7, 11) is 1.62. The number of aryl methyl sites for hydroxylation is 1. The van der Waals surface area contributed by atoms with Gasteiger partial charge in [0.05, 0.1) is 12.1 Å². The number of amides is 1. The molecule has 0 bridgehead atoms. The first kappa shape index (κ1) is 16.4. The summed E-state index contributed by atoms with van der Waals surface area (Å²) in [5, 5.41) is 6.12. The van der Waals surface area contributed by atoms with Crippen LogP contribution in [0.1, 0.15) is 43.7 Å². The van der Waals surface area contributed by atoms with Crippen LogP contribution >= 0.6 is 0 Å². The number of carbonyl (C=O) groups excluding carboxylic acids is 1. The molecule has 0 atom stereocenters. The van der Waals surface area contributed by atoms with E-state index in [1.165, 1.54) is 0 Å². The Hall–Kier alpha value is -1.62. The highest BCUT2D eigenvalue weighted by Gasteiger charge is 2.21. The molecule has 0 unspecified atom stereocenters. The van der Waals surface area contributed by atoms with Gasteiger partial charge in [-0.05, 0) is 39.3 Å². The van der Waals surface area contributed by atoms with Gasteiger partial charge in [-0.3, -0.25) is 4.79 Å². The maximum absolute atomic E-state index is 12.3. The largest absolute Gasteiger partial charge is 0.382 e. The van der Waals surface area contributed by atoms with Crippen LogP contribution in [0.5, 0.6) is 0 Å². The molecule has 5 heteroatoms. The zero-order chi connectivity index (χ0) is 15.2. The quantitative estimate of drug-likeness (QED) is 0.803. The van der Waals surface area contributed by atoms with Crippen molar-refractivity contribution in [1.29, 1.82) is 0 Å². The molecule has 2 N–H and O–H groups in total. The van der Waals surface area contributed by atoms with Crippen molar-refractivity contribution in [2.45, 2.75) is 39.7 Å². The van der Waals surface area contributed by atoms with E-state index in [1.54, 1.807) is 13.2 Å². The van der Waals surface area contributed by atoms with E-state index in [1.807, 2.05) is 33.8 Å². The van der Waals surface area contributed by atoms with E-state index < -0.39 is 5.54 Å². The third-order valence-corrected chi connectivity index (χ3v) is 2.82. The summed E-state index contributed by atoms with van der Waals surface area (Å²) < 4.78 is 5.11. The molecule has 0 aliphatic heterocycles. The average Bonchev–Trinajstić information content (AvgIpc) is 2.38. The van der Waals surface area contributed by atoms with Crippen molar-refractivity contribution in [2.75, 3.05) is 25.6 Å². The molecule has 1 aromatic heterocycles. The molecular weight excluding hydrogens is 254 g/mol. The lowest BCUT2D eigenvalue weighted by Crippen LogP contribution is -2.46. The van der Waals surface area contributed by atoms with Crippen LogP contribution in [0.15, 0.2) is 12.1 Å². The van der Waals surface area contributed by atoms with Gasteiger partial charge in [0.2, 0.25) is 0 Å². The van der Waals surface area contributed by atoms with Gasteiger partial charge in [0.25, 0.3) is 5.91 Å². The molecule has 112 valence electrons. The molecule has 1 aromatic rings. The molecule has 0 aliphatic rings. The van der Waals surface area contributed by atoms with Gasteiger partial charge in [-0.2, -0.15) is 0 Å². The van der Waals surface area contributed by atoms with Crippen molar-refractivity contribution in [1.82, 2.24) is 10.3 Å². The third kappa shape index (κ3) is 4.81. The summed E-state index contributed by atoms with van der Waals surface area (Å²) in [4.78, 5) is 16.8. The molecule has 1 amide bonds. The Morgan fingerprint density at radius 3 is 2.60 bits per heavy atom. The Kier molecular flexibility index (Phi) is 5.95. The van der Waals surface area contributed by atoms with Crippen molar-refractivity contribution in [3.8, 4) is 0 Å². The smallest absolute Gasteiger partial charge is 0.251 e. The fourth-order valence-electron chi connectivity index (χ4n) is 1.95. The highest BCUT2D eigenvalue weighted by Crippen LogP contribution is 2.13. The Balaban J connectivity index is 2.94. The van der Waals surface area contributed by atoms with E-state index in [2.05, 4.69) is 15.6 Å². The van der Waals surface area contributed by atoms with Crippen LogP contribution in [0, 0.1) is 0 Å². The van der Waals surface area contributed by atoms with Gasteiger partial charge in [0.1, 0.15) is 5.82 Å². The zero-order valence-electron chi connectivity index (χ0n) is 13.0. The van der Waals surface area contributed by atoms with Crippen molar-refractivity contribution < 1.29 is 9.53 Å². The molecule has 20 heavy (non-hydrogen) atoms. The number of nitrogens with zero attached hydrogens (tertiary/aromatic N) is 1. The van der Waals surface area contributed by atoms with Gasteiger partial charge in [0, 0.05) is 24.9 Å². The summed E-state index contributed by atoms with van der Waals surface area (Å²) in [5.41, 5.74) is 1.12. The molecule has 5 nitrogen and oxygen atoms in total. The number of pyridine rings is 1. The topological polar surface area (TPSA) is 63.2 Å². The molecule has 1 rings (SSSR count). The summed E-state index contributed by atoms with van der Waals surface area (Å²) in [6.45, 7) is 9.13. The van der Waals surface area contributed by atoms with Crippen LogP contribution in [0.25, 0.3) is 0 Å². The van der Waals surface area contributed by atoms with Crippen molar-refractivity contribution in [2.24, 2.45) is 0 Å². The lowest BCUT2D eigenvalue weighted by Gasteiger charge is -2.25. The molecule has 1 heterocycles. The number of rotatable bonds is 7. The van der Waals surface area contributed by atoms with Gasteiger partial charge >= 0.3 is 0 Å². The minimum absolute atomic E-state index is 0.108. The summed E-state index contributed by atoms with van der Waals surface area (Å²) in [6, 6.07) is 3.61. The molecule has 0 spiro atoms. The number of carbonyl (C=O) groups is 1. The summed E-state index contributed by atoms with van der Waals surface area (Å²) in [6.07, 6.45) is 0.793. The lowest BCUT2D eigenvalue weighted by atomic mass is 10.1. The van der Waals surface area contributed by atoms with Crippen LogP contribution in [0.2, 0.25) is 0 Å². The van der Waals surface area contributed by atoms with Gasteiger partial charge in [-0.15, -0.1) is 0 Å². The van der Waals surface area contributed by atoms with Crippen LogP contribution < -0.4 is 10.6 Å². The maximum Gasteiger partial charge on any atom is 0.251 e. The molecule has 0 aliphatic carbocycles. The number of nitrogens with one attached hydrogen (secondary N) is 2. The van der Waals surface area contributed by atoms with Gasteiger partial charge < -0.3 is 15.4 Å². The van der Waals surface area contributed by atoms with Crippen molar-refractivity contribution in [3.63, 3.8) is 0 Å². The second-order valence-electron chi connectivity index (χ2n) is 5.39. The summed E-state index contributed by atoms with van der Waals surface area (Å²) >= 11 is 0. The number of ether oxygens (including phenoxy) is 1. The van der Waals surface area contributed by atoms with Crippen molar-refractivity contribution in [3.05, 3.63) is 23.4 Å². The standard InChI is InChI=1S/C15H25N3O2/c1-6-12-8-11(9-13(17-12)16-7-2)14(19)18-15(3,4)10-20-5/h8-9H,6-7,10H2,1-5H3,(H,16,17)(H,18,19). The first-order valence-corrected chi connectivity index (χ1v) is 6.98. The monoisotopic (exact) mass is 279 g/mol. The second kappa shape index (κ2) is 7.24. The number of hydrogen-bond acceptors (Lipinski definition) is 4. The second-order valence-corrected chi connectivity index (χ2v) is 5.39. The number of anilines is 1. The van der Waals surface area contributed by atoms with E-state index in [0.29, 0.717) is 12.2 Å². The zero-order valence-corrected chi connectivity index (χ0v) is 13.0. The molecule has 0 saturated carbocycles. The van der Waals surface area contributed by atoms with E-state index in [-0.39, 0.29) is 5.91 Å². The van der Waals surface area contributed by atoms with E-state index >= 15 is 0 Å². The Labute approximate surface area is 121 Å². The van der Waals surface area contributed by atoms with Crippen LogP contribution in [-0.2, 0) is 11.2 Å². The van der Waals surface area contributed by atoms with Crippen LogP contribution in [0.3, 0.4) is 0 Å². The first-order valence-electron chi connectivity index (χ1n) is 6.98. The highest BCUT2D eigenvalue weighted by atomic mass is 16.5. The maximum atomic E-state index is 12.3. The van der Waals surface area contributed by atoms with Crippen LogP contribution in [-0.4, -0.2) is 36.7 Å². The van der Waals surface area contributed by atoms with Gasteiger partial charge in [0.15, 0.2) is 0 Å². The lowest BCUT2D eigenvalue weighted by molar-refractivity contribution is 0.0820. The van der Waals surface area contributed by atoms with Crippen molar-refractivity contribution >= 4 is 11.7 Å². The fraction of sp³-hybridized carbons (Fsp3) is 0.600. The van der Waals surface area contributed by atoms with Gasteiger partial charge in [-0.25, -0.2) is 4.98 Å². The number of aromatic nitrogens is 1. The first-order chi connectivity index (χ1) is 9.41. The SMILES string of the molecule is CCNc1cc(C(=O)NC(C)(C)COC)cc(CC)n1. The number of hydrogen-bond donors (Lipinski definition) is 2. The molecule has 0 saturated heterocycles. The Bertz CT molecular complexity index is 458. The van der Waals surface area contributed by atoms with Crippen LogP contribution in [0.4, 0.5) is 5.82 Å². The third-order valence-electron chi connectivity index (χ3n) is 2.82. The predicted octanol–water partition coefficient (Wildman–Crippen LogP) is 2.23. The normalized spacial score (nSPS) is 11.2. The average molecular weight is 279 g/mol. The minimum Gasteiger partial charge on any atom is -0.382 e. The summed E-state index contributed by atoms with van der Waals surface area (Å²) in [5.74, 6) is 0.629. The van der Waals surface area contributed by atoms with Gasteiger partial charge in [-0.1, -0.05) is 6.92 Å². The molecule has 0 aromatic carbocycles. The molecular formula is C15H25N3O2. The van der Waals surface area contributed by atoms with E-state index in [0.717, 1.165) is 24.5 Å². The van der Waals surface area contributed by atoms with E-state index in [4.69, 9.17) is 4.74 Å². The minimum atomic E-state index is -0.403. The molecule has 0 fully saturated rings. The fourth-order valence-corrected chi connectivity index (χ4v) is 1.95. The Morgan fingerprint density at radius 1 is 1.35 bits per heavy atom. The number of methoxy groups -OCH3 is 1. The predicted molar refractivity (Wildman–Crippen MR) is 81.2 cm³/mol. The Morgan fingerprint density at radius 2 is 2.05 bits per heavy atom. The molecule has 0 radical (unpaired) electrons.